The van der Waals surface area contributed by atoms with E-state index in [1.165, 1.54) is 21.8 Å². The minimum absolute atomic E-state index is 0.622. The number of para-hydroxylation sites is 2. The Kier molecular flexibility index (Phi) is 3.49. The molecule has 0 fully saturated rings. The molecule has 19 heavy (non-hydrogen) atoms. The standard InChI is InChI=1S/C16H18N2O/c17-19-12-6-5-11-18-15-9-3-1-7-13(15)14-8-2-4-10-16(14)18/h1-4,7-10H,5-6,11-12,17H2. The summed E-state index contributed by atoms with van der Waals surface area (Å²) in [6.07, 6.45) is 2.05. The molecule has 0 atom stereocenters. The number of unbranched alkanes of at least 4 members (excludes halogenated alkanes) is 1. The molecule has 3 nitrogen and oxygen atoms in total. The highest BCUT2D eigenvalue weighted by Crippen LogP contribution is 2.28. The second-order valence-electron chi connectivity index (χ2n) is 4.76. The Morgan fingerprint density at radius 1 is 0.842 bits per heavy atom. The van der Waals surface area contributed by atoms with Gasteiger partial charge in [0, 0.05) is 28.4 Å². The van der Waals surface area contributed by atoms with Crippen LogP contribution in [0.15, 0.2) is 48.5 Å². The molecule has 0 unspecified atom stereocenters. The van der Waals surface area contributed by atoms with Gasteiger partial charge in [-0.25, -0.2) is 5.90 Å². The summed E-state index contributed by atoms with van der Waals surface area (Å²) in [4.78, 5) is 4.63. The van der Waals surface area contributed by atoms with Crippen LogP contribution in [0.25, 0.3) is 21.8 Å². The molecule has 0 aliphatic heterocycles. The maximum atomic E-state index is 5.06. The predicted octanol–water partition coefficient (Wildman–Crippen LogP) is 3.47. The highest BCUT2D eigenvalue weighted by Gasteiger charge is 2.08. The first-order chi connectivity index (χ1) is 9.42. The van der Waals surface area contributed by atoms with Gasteiger partial charge < -0.3 is 9.40 Å². The van der Waals surface area contributed by atoms with Crippen molar-refractivity contribution in [2.45, 2.75) is 19.4 Å². The molecule has 0 spiro atoms. The first kappa shape index (κ1) is 12.2. The number of hydrogen-bond donors (Lipinski definition) is 1. The minimum atomic E-state index is 0.622. The topological polar surface area (TPSA) is 40.2 Å². The second-order valence-corrected chi connectivity index (χ2v) is 4.76. The summed E-state index contributed by atoms with van der Waals surface area (Å²) in [5, 5.41) is 2.65. The van der Waals surface area contributed by atoms with E-state index in [0.717, 1.165) is 19.4 Å². The van der Waals surface area contributed by atoms with E-state index < -0.39 is 0 Å². The molecular weight excluding hydrogens is 236 g/mol. The number of hydrogen-bond acceptors (Lipinski definition) is 2. The summed E-state index contributed by atoms with van der Waals surface area (Å²) in [6, 6.07) is 17.2. The van der Waals surface area contributed by atoms with Crippen molar-refractivity contribution in [3.63, 3.8) is 0 Å². The lowest BCUT2D eigenvalue weighted by Gasteiger charge is -2.06. The monoisotopic (exact) mass is 254 g/mol. The number of rotatable bonds is 5. The zero-order valence-corrected chi connectivity index (χ0v) is 10.9. The summed E-state index contributed by atoms with van der Waals surface area (Å²) >= 11 is 0. The quantitative estimate of drug-likeness (QED) is 0.559. The average molecular weight is 254 g/mol. The fourth-order valence-electron chi connectivity index (χ4n) is 2.70. The number of aromatic nitrogens is 1. The molecule has 0 amide bonds. The first-order valence-corrected chi connectivity index (χ1v) is 6.69. The average Bonchev–Trinajstić information content (AvgIpc) is 2.78. The third-order valence-electron chi connectivity index (χ3n) is 3.57. The molecule has 3 rings (SSSR count). The van der Waals surface area contributed by atoms with Crippen molar-refractivity contribution in [3.05, 3.63) is 48.5 Å². The van der Waals surface area contributed by atoms with Gasteiger partial charge in [0.1, 0.15) is 0 Å². The van der Waals surface area contributed by atoms with E-state index in [1.807, 2.05) is 0 Å². The van der Waals surface area contributed by atoms with Crippen LogP contribution in [-0.4, -0.2) is 11.2 Å². The van der Waals surface area contributed by atoms with Crippen molar-refractivity contribution in [2.75, 3.05) is 6.61 Å². The van der Waals surface area contributed by atoms with Crippen molar-refractivity contribution in [2.24, 2.45) is 5.90 Å². The van der Waals surface area contributed by atoms with E-state index in [1.54, 1.807) is 0 Å². The Morgan fingerprint density at radius 3 is 2.00 bits per heavy atom. The Balaban J connectivity index is 2.04. The van der Waals surface area contributed by atoms with Crippen LogP contribution in [0.2, 0.25) is 0 Å². The zero-order chi connectivity index (χ0) is 13.1. The molecule has 0 bridgehead atoms. The van der Waals surface area contributed by atoms with Crippen LogP contribution < -0.4 is 5.90 Å². The van der Waals surface area contributed by atoms with Gasteiger partial charge in [-0.3, -0.25) is 0 Å². The van der Waals surface area contributed by atoms with Gasteiger partial charge in [-0.2, -0.15) is 0 Å². The van der Waals surface area contributed by atoms with Gasteiger partial charge in [0.2, 0.25) is 0 Å². The van der Waals surface area contributed by atoms with Crippen LogP contribution in [0.3, 0.4) is 0 Å². The molecule has 0 aliphatic carbocycles. The Morgan fingerprint density at radius 2 is 1.42 bits per heavy atom. The molecule has 98 valence electrons. The summed E-state index contributed by atoms with van der Waals surface area (Å²) < 4.78 is 2.39. The van der Waals surface area contributed by atoms with E-state index >= 15 is 0 Å². The van der Waals surface area contributed by atoms with Gasteiger partial charge in [0.15, 0.2) is 0 Å². The van der Waals surface area contributed by atoms with Crippen molar-refractivity contribution in [1.82, 2.24) is 4.57 Å². The third-order valence-corrected chi connectivity index (χ3v) is 3.57. The van der Waals surface area contributed by atoms with Crippen LogP contribution in [0.5, 0.6) is 0 Å². The maximum Gasteiger partial charge on any atom is 0.0679 e. The summed E-state index contributed by atoms with van der Waals surface area (Å²) in [5.41, 5.74) is 2.61. The van der Waals surface area contributed by atoms with Gasteiger partial charge in [-0.15, -0.1) is 0 Å². The number of nitrogens with zero attached hydrogens (tertiary/aromatic N) is 1. The van der Waals surface area contributed by atoms with Gasteiger partial charge in [-0.1, -0.05) is 36.4 Å². The fourth-order valence-corrected chi connectivity index (χ4v) is 2.70. The van der Waals surface area contributed by atoms with Crippen molar-refractivity contribution < 1.29 is 4.84 Å². The van der Waals surface area contributed by atoms with E-state index in [0.29, 0.717) is 6.61 Å². The first-order valence-electron chi connectivity index (χ1n) is 6.69. The Hall–Kier alpha value is -1.84. The van der Waals surface area contributed by atoms with Crippen LogP contribution >= 0.6 is 0 Å². The molecule has 1 heterocycles. The molecule has 3 heteroatoms. The summed E-state index contributed by atoms with van der Waals surface area (Å²) in [5.74, 6) is 5.06. The molecule has 1 aromatic heterocycles. The van der Waals surface area contributed by atoms with E-state index in [9.17, 15) is 0 Å². The molecule has 2 N–H and O–H groups in total. The Bertz CT molecular complexity index is 634. The predicted molar refractivity (Wildman–Crippen MR) is 78.8 cm³/mol. The van der Waals surface area contributed by atoms with Gasteiger partial charge in [0.05, 0.1) is 6.61 Å². The normalized spacial score (nSPS) is 11.4. The Labute approximate surface area is 112 Å². The molecular formula is C16H18N2O. The zero-order valence-electron chi connectivity index (χ0n) is 10.9. The second kappa shape index (κ2) is 5.43. The van der Waals surface area contributed by atoms with E-state index in [4.69, 9.17) is 5.90 Å². The maximum absolute atomic E-state index is 5.06. The van der Waals surface area contributed by atoms with Crippen LogP contribution in [0, 0.1) is 0 Å². The van der Waals surface area contributed by atoms with Crippen molar-refractivity contribution in [1.29, 1.82) is 0 Å². The number of fused-ring (bicyclic) bond motifs is 3. The van der Waals surface area contributed by atoms with Gasteiger partial charge in [0.25, 0.3) is 0 Å². The molecule has 0 aliphatic rings. The van der Waals surface area contributed by atoms with E-state index in [-0.39, 0.29) is 0 Å². The van der Waals surface area contributed by atoms with Gasteiger partial charge >= 0.3 is 0 Å². The highest BCUT2D eigenvalue weighted by molar-refractivity contribution is 6.07. The number of benzene rings is 2. The lowest BCUT2D eigenvalue weighted by Crippen LogP contribution is -2.03. The van der Waals surface area contributed by atoms with Gasteiger partial charge in [-0.05, 0) is 25.0 Å². The summed E-state index contributed by atoms with van der Waals surface area (Å²) in [6.45, 7) is 1.62. The minimum Gasteiger partial charge on any atom is -0.340 e. The highest BCUT2D eigenvalue weighted by atomic mass is 16.6. The van der Waals surface area contributed by atoms with Crippen molar-refractivity contribution >= 4 is 21.8 Å². The van der Waals surface area contributed by atoms with Crippen LogP contribution in [-0.2, 0) is 11.4 Å². The summed E-state index contributed by atoms with van der Waals surface area (Å²) in [7, 11) is 0. The molecule has 0 saturated carbocycles. The largest absolute Gasteiger partial charge is 0.340 e. The van der Waals surface area contributed by atoms with Crippen molar-refractivity contribution in [3.8, 4) is 0 Å². The SMILES string of the molecule is NOCCCCn1c2ccccc2c2ccccc21. The lowest BCUT2D eigenvalue weighted by molar-refractivity contribution is 0.133. The van der Waals surface area contributed by atoms with Crippen LogP contribution in [0.1, 0.15) is 12.8 Å². The van der Waals surface area contributed by atoms with E-state index in [2.05, 4.69) is 57.9 Å². The third kappa shape index (κ3) is 2.23. The molecule has 3 aromatic rings. The number of nitrogens with two attached hydrogens (primary N) is 1. The van der Waals surface area contributed by atoms with Crippen LogP contribution in [0.4, 0.5) is 0 Å². The molecule has 0 radical (unpaired) electrons. The molecule has 0 saturated heterocycles. The smallest absolute Gasteiger partial charge is 0.0679 e. The number of aryl methyl sites for hydroxylation is 1. The lowest BCUT2D eigenvalue weighted by atomic mass is 10.2. The molecule has 2 aromatic carbocycles. The fraction of sp³-hybridized carbons (Fsp3) is 0.250.